The first kappa shape index (κ1) is 34.1. The highest BCUT2D eigenvalue weighted by Gasteiger charge is 2.47. The summed E-state index contributed by atoms with van der Waals surface area (Å²) in [5, 5.41) is 2.57. The van der Waals surface area contributed by atoms with Crippen LogP contribution in [0.3, 0.4) is 0 Å². The van der Waals surface area contributed by atoms with E-state index in [-0.39, 0.29) is 17.7 Å². The Bertz CT molecular complexity index is 3320. The van der Waals surface area contributed by atoms with Gasteiger partial charge in [0.05, 0.1) is 28.1 Å². The number of hydrogen-bond donors (Lipinski definition) is 0. The van der Waals surface area contributed by atoms with Gasteiger partial charge in [0.2, 0.25) is 0 Å². The first-order chi connectivity index (χ1) is 29.1. The molecule has 60 heavy (non-hydrogen) atoms. The zero-order valence-corrected chi connectivity index (χ0v) is 34.9. The van der Waals surface area contributed by atoms with Crippen molar-refractivity contribution in [1.29, 1.82) is 0 Å². The van der Waals surface area contributed by atoms with E-state index in [1.807, 2.05) is 0 Å². The summed E-state index contributed by atoms with van der Waals surface area (Å²) in [6, 6.07) is 60.4. The van der Waals surface area contributed by atoms with Gasteiger partial charge in [0.15, 0.2) is 0 Å². The molecule has 1 aromatic heterocycles. The Kier molecular flexibility index (Phi) is 6.53. The van der Waals surface area contributed by atoms with Gasteiger partial charge in [0, 0.05) is 44.2 Å². The number of hydrogen-bond acceptors (Lipinski definition) is 2. The number of para-hydroxylation sites is 3. The fraction of sp³-hybridized carbons (Fsp3) is 0.143. The predicted molar refractivity (Wildman–Crippen MR) is 254 cm³/mol. The van der Waals surface area contributed by atoms with Gasteiger partial charge in [-0.05, 0) is 118 Å². The van der Waals surface area contributed by atoms with Gasteiger partial charge in [-0.1, -0.05) is 142 Å². The third kappa shape index (κ3) is 4.16. The molecule has 3 nitrogen and oxygen atoms in total. The van der Waals surface area contributed by atoms with Crippen molar-refractivity contribution in [2.24, 2.45) is 0 Å². The molecular weight excluding hydrogens is 725 g/mol. The molecule has 8 aromatic carbocycles. The van der Waals surface area contributed by atoms with Crippen molar-refractivity contribution in [2.75, 3.05) is 9.71 Å². The lowest BCUT2D eigenvalue weighted by Gasteiger charge is -2.45. The minimum atomic E-state index is -0.166. The van der Waals surface area contributed by atoms with Gasteiger partial charge < -0.3 is 14.3 Å². The van der Waals surface area contributed by atoms with Gasteiger partial charge in [-0.15, -0.1) is 0 Å². The minimum absolute atomic E-state index is 0.0525. The molecule has 9 aromatic rings. The third-order valence-corrected chi connectivity index (χ3v) is 14.6. The van der Waals surface area contributed by atoms with Gasteiger partial charge in [0.25, 0.3) is 0 Å². The second-order valence-electron chi connectivity index (χ2n) is 18.7. The zero-order valence-electron chi connectivity index (χ0n) is 34.9. The maximum atomic E-state index is 2.68. The highest BCUT2D eigenvalue weighted by molar-refractivity contribution is 6.93. The molecule has 286 valence electrons. The Hall–Kier alpha value is -6.78. The molecule has 0 N–H and O–H groups in total. The smallest absolute Gasteiger partial charge is 0.333 e. The van der Waals surface area contributed by atoms with E-state index in [0.717, 1.165) is 0 Å². The molecule has 1 aliphatic carbocycles. The first-order valence-corrected chi connectivity index (χ1v) is 21.5. The van der Waals surface area contributed by atoms with E-state index >= 15 is 0 Å². The van der Waals surface area contributed by atoms with Crippen molar-refractivity contribution < 1.29 is 0 Å². The number of aromatic nitrogens is 1. The standard InChI is InChI=1S/C56H44BN3/c1-33-23-26-35(27-24-33)60-50-32-44-38(36-15-7-9-17-41(36)55(44,3)4)30-39(50)40-31-51(58-47-21-13-10-18-42(47)56(5,6)43-19-11-14-22-48(43)58)52-37-16-8-12-20-46(37)59-49-28-25-34(2)29-45(49)57(60)53(40)54(52)59/h7-32H,1-6H3. The highest BCUT2D eigenvalue weighted by atomic mass is 15.2. The van der Waals surface area contributed by atoms with Crippen molar-refractivity contribution in [3.8, 4) is 27.9 Å². The average molecular weight is 770 g/mol. The van der Waals surface area contributed by atoms with Gasteiger partial charge >= 0.3 is 6.85 Å². The van der Waals surface area contributed by atoms with Crippen LogP contribution in [0.2, 0.25) is 0 Å². The molecule has 0 saturated carbocycles. The molecule has 0 unspecified atom stereocenters. The monoisotopic (exact) mass is 769 g/mol. The van der Waals surface area contributed by atoms with Crippen LogP contribution >= 0.6 is 0 Å². The van der Waals surface area contributed by atoms with Crippen molar-refractivity contribution in [2.45, 2.75) is 52.4 Å². The molecule has 0 atom stereocenters. The van der Waals surface area contributed by atoms with E-state index < -0.39 is 0 Å². The second-order valence-corrected chi connectivity index (χ2v) is 18.7. The Labute approximate surface area is 352 Å². The van der Waals surface area contributed by atoms with E-state index in [1.54, 1.807) is 0 Å². The van der Waals surface area contributed by atoms with E-state index in [9.17, 15) is 0 Å². The van der Waals surface area contributed by atoms with Crippen LogP contribution in [0.25, 0.3) is 49.7 Å². The number of anilines is 5. The number of aryl methyl sites for hydroxylation is 2. The number of fused-ring (bicyclic) bond motifs is 13. The summed E-state index contributed by atoms with van der Waals surface area (Å²) in [5.74, 6) is 0. The van der Waals surface area contributed by atoms with Gasteiger partial charge in [-0.2, -0.15) is 0 Å². The number of benzene rings is 8. The molecule has 0 fully saturated rings. The summed E-state index contributed by atoms with van der Waals surface area (Å²) >= 11 is 0. The molecule has 3 aliphatic heterocycles. The van der Waals surface area contributed by atoms with Gasteiger partial charge in [0.1, 0.15) is 0 Å². The van der Waals surface area contributed by atoms with Crippen LogP contribution < -0.4 is 20.6 Å². The Balaban J connectivity index is 1.24. The van der Waals surface area contributed by atoms with Gasteiger partial charge in [-0.3, -0.25) is 0 Å². The maximum Gasteiger partial charge on any atom is 0.333 e. The van der Waals surface area contributed by atoms with Crippen molar-refractivity contribution in [1.82, 2.24) is 4.57 Å². The molecule has 0 bridgehead atoms. The summed E-state index contributed by atoms with van der Waals surface area (Å²) in [6.45, 7) is 14.0. The molecule has 0 amide bonds. The van der Waals surface area contributed by atoms with Crippen LogP contribution in [0.4, 0.5) is 28.4 Å². The third-order valence-electron chi connectivity index (χ3n) is 14.6. The fourth-order valence-corrected chi connectivity index (χ4v) is 11.8. The number of rotatable bonds is 2. The summed E-state index contributed by atoms with van der Waals surface area (Å²) < 4.78 is 2.61. The largest absolute Gasteiger partial charge is 0.376 e. The molecule has 0 saturated heterocycles. The maximum absolute atomic E-state index is 2.68. The van der Waals surface area contributed by atoms with Crippen molar-refractivity contribution in [3.05, 3.63) is 191 Å². The average Bonchev–Trinajstić information content (AvgIpc) is 3.72. The summed E-state index contributed by atoms with van der Waals surface area (Å²) in [5.41, 5.74) is 25.6. The summed E-state index contributed by atoms with van der Waals surface area (Å²) in [6.07, 6.45) is 0. The normalized spacial score (nSPS) is 15.7. The topological polar surface area (TPSA) is 11.4 Å². The fourth-order valence-electron chi connectivity index (χ4n) is 11.8. The molecule has 0 radical (unpaired) electrons. The van der Waals surface area contributed by atoms with Gasteiger partial charge in [-0.25, -0.2) is 0 Å². The Morgan fingerprint density at radius 1 is 0.450 bits per heavy atom. The van der Waals surface area contributed by atoms with Crippen molar-refractivity contribution in [3.63, 3.8) is 0 Å². The molecule has 4 heterocycles. The minimum Gasteiger partial charge on any atom is -0.376 e. The second kappa shape index (κ2) is 11.5. The number of nitrogens with zero attached hydrogens (tertiary/aromatic N) is 3. The van der Waals surface area contributed by atoms with E-state index in [0.29, 0.717) is 0 Å². The Morgan fingerprint density at radius 2 is 1.08 bits per heavy atom. The summed E-state index contributed by atoms with van der Waals surface area (Å²) in [7, 11) is 0. The van der Waals surface area contributed by atoms with Crippen LogP contribution in [0.15, 0.2) is 158 Å². The first-order valence-electron chi connectivity index (χ1n) is 21.5. The van der Waals surface area contributed by atoms with Crippen LogP contribution in [-0.2, 0) is 10.8 Å². The molecule has 0 spiro atoms. The molecule has 4 aliphatic rings. The SMILES string of the molecule is Cc1ccc(N2B3c4cc(C)ccc4-n4c5ccccc5c5c(N6c7ccccc7C(C)(C)c7ccccc76)cc(c3c54)-c3cc4c(cc32)C(C)(C)c2ccccc2-4)cc1. The predicted octanol–water partition coefficient (Wildman–Crippen LogP) is 13.1. The Morgan fingerprint density at radius 3 is 1.83 bits per heavy atom. The molecule has 13 rings (SSSR count). The van der Waals surface area contributed by atoms with Crippen LogP contribution in [-0.4, -0.2) is 11.4 Å². The quantitative estimate of drug-likeness (QED) is 0.162. The van der Waals surface area contributed by atoms with Crippen LogP contribution in [0.5, 0.6) is 0 Å². The van der Waals surface area contributed by atoms with E-state index in [4.69, 9.17) is 0 Å². The molecular formula is C56H44BN3. The highest BCUT2D eigenvalue weighted by Crippen LogP contribution is 2.58. The molecule has 4 heteroatoms. The van der Waals surface area contributed by atoms with E-state index in [1.165, 1.54) is 122 Å². The lowest BCUT2D eigenvalue weighted by Crippen LogP contribution is -2.60. The van der Waals surface area contributed by atoms with Crippen LogP contribution in [0, 0.1) is 13.8 Å². The van der Waals surface area contributed by atoms with Crippen molar-refractivity contribution >= 4 is 68.0 Å². The van der Waals surface area contributed by atoms with Crippen LogP contribution in [0.1, 0.15) is 61.1 Å². The summed E-state index contributed by atoms with van der Waals surface area (Å²) in [4.78, 5) is 5.28. The lowest BCUT2D eigenvalue weighted by atomic mass is 9.43. The zero-order chi connectivity index (χ0) is 40.4. The van der Waals surface area contributed by atoms with E-state index in [2.05, 4.69) is 214 Å². The lowest BCUT2D eigenvalue weighted by molar-refractivity contribution is 0.632.